The Morgan fingerprint density at radius 2 is 2.16 bits per heavy atom. The fourth-order valence-electron chi connectivity index (χ4n) is 2.63. The van der Waals surface area contributed by atoms with E-state index in [9.17, 15) is 12.8 Å². The number of halogens is 2. The van der Waals surface area contributed by atoms with Gasteiger partial charge in [-0.15, -0.1) is 0 Å². The van der Waals surface area contributed by atoms with Crippen molar-refractivity contribution in [3.63, 3.8) is 0 Å². The lowest BCUT2D eigenvalue weighted by molar-refractivity contribution is 0.102. The maximum absolute atomic E-state index is 13.3. The number of hydrogen-bond donors (Lipinski definition) is 1. The maximum Gasteiger partial charge on any atom is 0.240 e. The first-order valence-electron chi connectivity index (χ1n) is 7.49. The number of hydrogen-bond acceptors (Lipinski definition) is 5. The van der Waals surface area contributed by atoms with Gasteiger partial charge in [-0.25, -0.2) is 22.5 Å². The zero-order chi connectivity index (χ0) is 18.0. The number of nitrogens with zero attached hydrogens (tertiary/aromatic N) is 1. The Labute approximate surface area is 150 Å². The minimum Gasteiger partial charge on any atom is -0.481 e. The first kappa shape index (κ1) is 18.1. The smallest absolute Gasteiger partial charge is 0.240 e. The van der Waals surface area contributed by atoms with Gasteiger partial charge in [0, 0.05) is 24.4 Å². The van der Waals surface area contributed by atoms with Crippen LogP contribution in [0.1, 0.15) is 18.1 Å². The summed E-state index contributed by atoms with van der Waals surface area (Å²) < 4.78 is 51.6. The van der Waals surface area contributed by atoms with Crippen molar-refractivity contribution in [3.05, 3.63) is 52.9 Å². The van der Waals surface area contributed by atoms with Gasteiger partial charge in [-0.1, -0.05) is 11.6 Å². The van der Waals surface area contributed by atoms with Gasteiger partial charge in [-0.3, -0.25) is 0 Å². The van der Waals surface area contributed by atoms with E-state index >= 15 is 0 Å². The summed E-state index contributed by atoms with van der Waals surface area (Å²) in [5.74, 6) is -0.216. The lowest BCUT2D eigenvalue weighted by Crippen LogP contribution is -2.36. The van der Waals surface area contributed by atoms with Gasteiger partial charge < -0.3 is 9.47 Å². The summed E-state index contributed by atoms with van der Waals surface area (Å²) in [6.45, 7) is 0.411. The zero-order valence-electron chi connectivity index (χ0n) is 13.3. The molecule has 2 aromatic rings. The molecule has 1 aliphatic rings. The van der Waals surface area contributed by atoms with Gasteiger partial charge in [0.2, 0.25) is 15.9 Å². The third kappa shape index (κ3) is 3.92. The molecular weight excluding hydrogens is 371 g/mol. The summed E-state index contributed by atoms with van der Waals surface area (Å²) >= 11 is 5.68. The van der Waals surface area contributed by atoms with Crippen LogP contribution in [0.25, 0.3) is 0 Å². The van der Waals surface area contributed by atoms with Crippen LogP contribution in [0.3, 0.4) is 0 Å². The Morgan fingerprint density at radius 3 is 2.80 bits per heavy atom. The topological polar surface area (TPSA) is 77.5 Å². The van der Waals surface area contributed by atoms with E-state index in [1.54, 1.807) is 18.3 Å². The Kier molecular flexibility index (Phi) is 5.24. The average molecular weight is 387 g/mol. The number of pyridine rings is 1. The number of aromatic nitrogens is 1. The maximum atomic E-state index is 13.3. The number of ether oxygens (including phenoxy) is 2. The minimum absolute atomic E-state index is 0.0996. The molecule has 3 rings (SSSR count). The first-order chi connectivity index (χ1) is 11.9. The van der Waals surface area contributed by atoms with Crippen molar-refractivity contribution in [2.45, 2.75) is 23.5 Å². The summed E-state index contributed by atoms with van der Waals surface area (Å²) in [4.78, 5) is 4.01. The average Bonchev–Trinajstić information content (AvgIpc) is 3.04. The molecule has 0 amide bonds. The molecular formula is C16H16ClFN2O4S. The van der Waals surface area contributed by atoms with Crippen LogP contribution in [0.5, 0.6) is 5.88 Å². The number of benzene rings is 1. The van der Waals surface area contributed by atoms with Crippen molar-refractivity contribution in [3.8, 4) is 5.88 Å². The molecule has 0 unspecified atom stereocenters. The van der Waals surface area contributed by atoms with E-state index < -0.39 is 28.0 Å². The third-order valence-electron chi connectivity index (χ3n) is 3.90. The second-order valence-corrected chi connectivity index (χ2v) is 7.64. The molecule has 1 saturated heterocycles. The van der Waals surface area contributed by atoms with E-state index in [0.717, 1.165) is 17.7 Å². The summed E-state index contributed by atoms with van der Waals surface area (Å²) in [6.07, 6.45) is 1.62. The standard InChI is InChI=1S/C16H16ClFN2O4S/c1-23-15-5-2-10(9-19-15)16-14(6-7-24-16)20-25(21,22)11-3-4-13(18)12(17)8-11/h2-5,8-9,14,16,20H,6-7H2,1H3/t14-,16+/m0/s1. The van der Waals surface area contributed by atoms with Crippen molar-refractivity contribution < 1.29 is 22.3 Å². The van der Waals surface area contributed by atoms with Crippen molar-refractivity contribution in [1.29, 1.82) is 0 Å². The van der Waals surface area contributed by atoms with Gasteiger partial charge in [-0.2, -0.15) is 0 Å². The lowest BCUT2D eigenvalue weighted by atomic mass is 10.1. The van der Waals surface area contributed by atoms with Crippen LogP contribution in [0, 0.1) is 5.82 Å². The van der Waals surface area contributed by atoms with Crippen molar-refractivity contribution in [2.75, 3.05) is 13.7 Å². The van der Waals surface area contributed by atoms with Crippen molar-refractivity contribution in [2.24, 2.45) is 0 Å². The number of methoxy groups -OCH3 is 1. The predicted molar refractivity (Wildman–Crippen MR) is 89.6 cm³/mol. The van der Waals surface area contributed by atoms with Gasteiger partial charge in [-0.05, 0) is 30.7 Å². The van der Waals surface area contributed by atoms with Crippen LogP contribution in [-0.4, -0.2) is 33.2 Å². The Morgan fingerprint density at radius 1 is 1.36 bits per heavy atom. The molecule has 0 aliphatic carbocycles. The molecule has 1 aromatic heterocycles. The molecule has 1 N–H and O–H groups in total. The van der Waals surface area contributed by atoms with E-state index in [1.807, 2.05) is 0 Å². The number of rotatable bonds is 5. The van der Waals surface area contributed by atoms with Gasteiger partial charge in [0.15, 0.2) is 0 Å². The zero-order valence-corrected chi connectivity index (χ0v) is 14.8. The second-order valence-electron chi connectivity index (χ2n) is 5.52. The molecule has 2 atom stereocenters. The molecule has 0 radical (unpaired) electrons. The molecule has 1 aromatic carbocycles. The Balaban J connectivity index is 1.81. The largest absolute Gasteiger partial charge is 0.481 e. The monoisotopic (exact) mass is 386 g/mol. The van der Waals surface area contributed by atoms with Gasteiger partial charge >= 0.3 is 0 Å². The Hall–Kier alpha value is -1.74. The van der Waals surface area contributed by atoms with Crippen LogP contribution in [0.4, 0.5) is 4.39 Å². The fourth-order valence-corrected chi connectivity index (χ4v) is 4.17. The summed E-state index contributed by atoms with van der Waals surface area (Å²) in [5.41, 5.74) is 0.739. The number of sulfonamides is 1. The molecule has 134 valence electrons. The summed E-state index contributed by atoms with van der Waals surface area (Å²) in [5, 5.41) is -0.249. The molecule has 1 fully saturated rings. The van der Waals surface area contributed by atoms with Gasteiger partial charge in [0.25, 0.3) is 0 Å². The van der Waals surface area contributed by atoms with Crippen LogP contribution < -0.4 is 9.46 Å². The molecule has 0 spiro atoms. The van der Waals surface area contributed by atoms with Crippen LogP contribution in [-0.2, 0) is 14.8 Å². The van der Waals surface area contributed by atoms with E-state index in [4.69, 9.17) is 21.1 Å². The van der Waals surface area contributed by atoms with Crippen molar-refractivity contribution in [1.82, 2.24) is 9.71 Å². The van der Waals surface area contributed by atoms with Crippen molar-refractivity contribution >= 4 is 21.6 Å². The molecule has 1 aliphatic heterocycles. The van der Waals surface area contributed by atoms with E-state index in [-0.39, 0.29) is 9.92 Å². The molecule has 9 heteroatoms. The fraction of sp³-hybridized carbons (Fsp3) is 0.312. The predicted octanol–water partition coefficient (Wildman–Crippen LogP) is 2.69. The van der Waals surface area contributed by atoms with Crippen LogP contribution in [0.2, 0.25) is 5.02 Å². The SMILES string of the molecule is COc1ccc([C@H]2OCC[C@@H]2NS(=O)(=O)c2ccc(F)c(Cl)c2)cn1. The minimum atomic E-state index is -3.86. The van der Waals surface area contributed by atoms with E-state index in [1.165, 1.54) is 13.2 Å². The van der Waals surface area contributed by atoms with Crippen LogP contribution >= 0.6 is 11.6 Å². The van der Waals surface area contributed by atoms with Gasteiger partial charge in [0.05, 0.1) is 23.1 Å². The summed E-state index contributed by atoms with van der Waals surface area (Å²) in [7, 11) is -2.35. The normalized spacial score (nSPS) is 20.6. The molecule has 6 nitrogen and oxygen atoms in total. The third-order valence-corrected chi connectivity index (χ3v) is 5.67. The number of nitrogens with one attached hydrogen (secondary N) is 1. The second kappa shape index (κ2) is 7.25. The lowest BCUT2D eigenvalue weighted by Gasteiger charge is -2.20. The van der Waals surface area contributed by atoms with Crippen LogP contribution in [0.15, 0.2) is 41.4 Å². The van der Waals surface area contributed by atoms with E-state index in [0.29, 0.717) is 18.9 Å². The highest BCUT2D eigenvalue weighted by molar-refractivity contribution is 7.89. The highest BCUT2D eigenvalue weighted by Gasteiger charge is 2.33. The molecule has 25 heavy (non-hydrogen) atoms. The quantitative estimate of drug-likeness (QED) is 0.854. The van der Waals surface area contributed by atoms with Gasteiger partial charge in [0.1, 0.15) is 11.9 Å². The molecule has 0 saturated carbocycles. The highest BCUT2D eigenvalue weighted by Crippen LogP contribution is 2.31. The molecule has 0 bridgehead atoms. The van der Waals surface area contributed by atoms with E-state index in [2.05, 4.69) is 9.71 Å². The summed E-state index contributed by atoms with van der Waals surface area (Å²) in [6, 6.07) is 6.26. The Bertz CT molecular complexity index is 861. The first-order valence-corrected chi connectivity index (χ1v) is 9.36. The highest BCUT2D eigenvalue weighted by atomic mass is 35.5. The molecule has 2 heterocycles.